The zero-order valence-electron chi connectivity index (χ0n) is 24.2. The van der Waals surface area contributed by atoms with Crippen LogP contribution in [0.4, 0.5) is 37.7 Å². The van der Waals surface area contributed by atoms with Crippen LogP contribution >= 0.6 is 0 Å². The van der Waals surface area contributed by atoms with Crippen molar-refractivity contribution in [2.45, 2.75) is 77.5 Å². The van der Waals surface area contributed by atoms with Crippen molar-refractivity contribution in [3.63, 3.8) is 0 Å². The standard InChI is InChI=1S/C15H19F3N2O2.C14H19F3N2O/c1-3-4-12-10-8-13(22-2)11(19)7-9(10)5-6-20(12)14(21)15(16,17)18;1-9(2)20-13-6-11-7-19(8-14(15,16)17)4-3-10(11)5-12(13)18/h7-8,12H,3-6,19H2,1-2H3;5-6,9H,3-4,7-8,18H2,1-2H3. The number of nitrogen functional groups attached to an aromatic ring is 2. The van der Waals surface area contributed by atoms with Gasteiger partial charge in [-0.3, -0.25) is 9.69 Å². The van der Waals surface area contributed by atoms with Crippen LogP contribution in [0.5, 0.6) is 11.5 Å². The van der Waals surface area contributed by atoms with Crippen molar-refractivity contribution in [1.82, 2.24) is 9.80 Å². The normalized spacial score (nSPS) is 17.2. The Balaban J connectivity index is 0.000000231. The third-order valence-corrected chi connectivity index (χ3v) is 7.10. The van der Waals surface area contributed by atoms with Crippen LogP contribution in [0, 0.1) is 0 Å². The molecule has 0 spiro atoms. The Hall–Kier alpha value is -3.35. The molecule has 0 aromatic heterocycles. The average molecular weight is 605 g/mol. The molecule has 0 saturated heterocycles. The van der Waals surface area contributed by atoms with Crippen LogP contribution in [-0.2, 0) is 24.2 Å². The van der Waals surface area contributed by atoms with E-state index in [1.807, 2.05) is 26.8 Å². The second-order valence-electron chi connectivity index (χ2n) is 10.7. The van der Waals surface area contributed by atoms with Crippen molar-refractivity contribution < 1.29 is 40.6 Å². The molecule has 4 N–H and O–H groups in total. The van der Waals surface area contributed by atoms with Gasteiger partial charge in [0.1, 0.15) is 11.5 Å². The Morgan fingerprint density at radius 1 is 0.952 bits per heavy atom. The summed E-state index contributed by atoms with van der Waals surface area (Å²) in [5.41, 5.74) is 16.2. The third-order valence-electron chi connectivity index (χ3n) is 7.10. The summed E-state index contributed by atoms with van der Waals surface area (Å²) < 4.78 is 86.5. The number of hydrogen-bond acceptors (Lipinski definition) is 6. The highest BCUT2D eigenvalue weighted by Gasteiger charge is 2.46. The van der Waals surface area contributed by atoms with Crippen molar-refractivity contribution in [2.75, 3.05) is 38.2 Å². The molecule has 0 bridgehead atoms. The fraction of sp³-hybridized carbons (Fsp3) is 0.552. The zero-order chi connectivity index (χ0) is 31.4. The van der Waals surface area contributed by atoms with Gasteiger partial charge in [0.15, 0.2) is 0 Å². The molecule has 2 aliphatic rings. The lowest BCUT2D eigenvalue weighted by Gasteiger charge is -2.38. The number of fused-ring (bicyclic) bond motifs is 2. The van der Waals surface area contributed by atoms with Gasteiger partial charge in [0.05, 0.1) is 37.2 Å². The number of rotatable bonds is 6. The largest absolute Gasteiger partial charge is 0.495 e. The first kappa shape index (κ1) is 33.2. The van der Waals surface area contributed by atoms with E-state index in [0.29, 0.717) is 60.7 Å². The third kappa shape index (κ3) is 8.36. The Morgan fingerprint density at radius 3 is 2.14 bits per heavy atom. The maximum atomic E-state index is 12.8. The van der Waals surface area contributed by atoms with E-state index >= 15 is 0 Å². The predicted molar refractivity (Wildman–Crippen MR) is 148 cm³/mol. The Bertz CT molecular complexity index is 1250. The Labute approximate surface area is 241 Å². The minimum Gasteiger partial charge on any atom is -0.495 e. The number of hydrogen-bond donors (Lipinski definition) is 2. The Kier molecular flexibility index (Phi) is 10.5. The lowest BCUT2D eigenvalue weighted by atomic mass is 9.89. The van der Waals surface area contributed by atoms with Gasteiger partial charge in [0.2, 0.25) is 0 Å². The van der Waals surface area contributed by atoms with E-state index in [-0.39, 0.29) is 19.2 Å². The smallest absolute Gasteiger partial charge is 0.471 e. The van der Waals surface area contributed by atoms with Crippen molar-refractivity contribution in [2.24, 2.45) is 0 Å². The second-order valence-corrected chi connectivity index (χ2v) is 10.7. The number of amides is 1. The summed E-state index contributed by atoms with van der Waals surface area (Å²) in [4.78, 5) is 14.0. The van der Waals surface area contributed by atoms with E-state index in [1.165, 1.54) is 12.0 Å². The SMILES string of the molecule is CC(C)Oc1cc2c(cc1N)CCN(CC(F)(F)F)C2.CCCC1c2cc(OC)c(N)cc2CCN1C(=O)C(F)(F)F. The van der Waals surface area contributed by atoms with Crippen molar-refractivity contribution in [1.29, 1.82) is 0 Å². The number of methoxy groups -OCH3 is 1. The number of alkyl halides is 6. The fourth-order valence-electron chi connectivity index (χ4n) is 5.33. The summed E-state index contributed by atoms with van der Waals surface area (Å²) in [6.45, 7) is 5.49. The van der Waals surface area contributed by atoms with Crippen LogP contribution in [0.15, 0.2) is 24.3 Å². The van der Waals surface area contributed by atoms with Gasteiger partial charge in [-0.2, -0.15) is 26.3 Å². The van der Waals surface area contributed by atoms with Gasteiger partial charge in [-0.05, 0) is 79.6 Å². The summed E-state index contributed by atoms with van der Waals surface area (Å²) in [5, 5.41) is 0. The maximum absolute atomic E-state index is 12.8. The first-order valence-electron chi connectivity index (χ1n) is 13.7. The number of anilines is 2. The molecule has 2 aliphatic heterocycles. The molecule has 2 aromatic carbocycles. The molecule has 0 fully saturated rings. The fourth-order valence-corrected chi connectivity index (χ4v) is 5.33. The molecule has 42 heavy (non-hydrogen) atoms. The molecule has 0 aliphatic carbocycles. The number of ether oxygens (including phenoxy) is 2. The van der Waals surface area contributed by atoms with Crippen molar-refractivity contribution in [3.8, 4) is 11.5 Å². The van der Waals surface area contributed by atoms with E-state index in [0.717, 1.165) is 21.6 Å². The van der Waals surface area contributed by atoms with E-state index in [1.54, 1.807) is 18.2 Å². The minimum absolute atomic E-state index is 0.0229. The molecule has 2 heterocycles. The topological polar surface area (TPSA) is 94.0 Å². The molecule has 2 aromatic rings. The van der Waals surface area contributed by atoms with Crippen molar-refractivity contribution in [3.05, 3.63) is 46.5 Å². The zero-order valence-corrected chi connectivity index (χ0v) is 24.2. The summed E-state index contributed by atoms with van der Waals surface area (Å²) in [6, 6.07) is 6.37. The highest BCUT2D eigenvalue weighted by Crippen LogP contribution is 2.39. The second kappa shape index (κ2) is 13.3. The molecule has 1 atom stereocenters. The molecule has 13 heteroatoms. The van der Waals surface area contributed by atoms with Crippen LogP contribution in [0.1, 0.15) is 61.9 Å². The molecular weight excluding hydrogens is 566 g/mol. The van der Waals surface area contributed by atoms with Gasteiger partial charge >= 0.3 is 18.3 Å². The Morgan fingerprint density at radius 2 is 1.57 bits per heavy atom. The van der Waals surface area contributed by atoms with Crippen LogP contribution < -0.4 is 20.9 Å². The number of carbonyl (C=O) groups is 1. The quantitative estimate of drug-likeness (QED) is 0.309. The lowest BCUT2D eigenvalue weighted by Crippen LogP contribution is -2.46. The molecule has 1 amide bonds. The number of carbonyl (C=O) groups excluding carboxylic acids is 1. The number of nitrogens with two attached hydrogens (primary N) is 2. The molecule has 7 nitrogen and oxygen atoms in total. The number of nitrogens with zero attached hydrogens (tertiary/aromatic N) is 2. The molecular formula is C29H38F6N4O3. The summed E-state index contributed by atoms with van der Waals surface area (Å²) >= 11 is 0. The van der Waals surface area contributed by atoms with E-state index in [4.69, 9.17) is 20.9 Å². The minimum atomic E-state index is -4.86. The summed E-state index contributed by atoms with van der Waals surface area (Å²) in [7, 11) is 1.45. The van der Waals surface area contributed by atoms with Gasteiger partial charge in [-0.25, -0.2) is 0 Å². The molecule has 4 rings (SSSR count). The first-order chi connectivity index (χ1) is 19.5. The van der Waals surface area contributed by atoms with E-state index < -0.39 is 30.8 Å². The van der Waals surface area contributed by atoms with Gasteiger partial charge in [-0.1, -0.05) is 13.3 Å². The molecule has 0 saturated carbocycles. The lowest BCUT2D eigenvalue weighted by molar-refractivity contribution is -0.188. The van der Waals surface area contributed by atoms with Gasteiger partial charge in [0, 0.05) is 19.6 Å². The average Bonchev–Trinajstić information content (AvgIpc) is 2.87. The summed E-state index contributed by atoms with van der Waals surface area (Å²) in [6.07, 6.45) is -6.99. The van der Waals surface area contributed by atoms with Crippen LogP contribution in [0.3, 0.4) is 0 Å². The number of benzene rings is 2. The summed E-state index contributed by atoms with van der Waals surface area (Å²) in [5.74, 6) is -0.818. The molecule has 234 valence electrons. The maximum Gasteiger partial charge on any atom is 0.471 e. The highest BCUT2D eigenvalue weighted by atomic mass is 19.4. The van der Waals surface area contributed by atoms with E-state index in [9.17, 15) is 31.1 Å². The van der Waals surface area contributed by atoms with Crippen LogP contribution in [0.2, 0.25) is 0 Å². The monoisotopic (exact) mass is 604 g/mol. The van der Waals surface area contributed by atoms with Crippen LogP contribution in [-0.4, -0.2) is 60.9 Å². The highest BCUT2D eigenvalue weighted by molar-refractivity contribution is 5.82. The first-order valence-corrected chi connectivity index (χ1v) is 13.7. The molecule has 0 radical (unpaired) electrons. The molecule has 1 unspecified atom stereocenters. The van der Waals surface area contributed by atoms with Crippen molar-refractivity contribution >= 4 is 17.3 Å². The van der Waals surface area contributed by atoms with Gasteiger partial charge < -0.3 is 25.8 Å². The van der Waals surface area contributed by atoms with Gasteiger partial charge in [0.25, 0.3) is 0 Å². The predicted octanol–water partition coefficient (Wildman–Crippen LogP) is 6.04. The van der Waals surface area contributed by atoms with Crippen LogP contribution in [0.25, 0.3) is 0 Å². The number of halogens is 6. The van der Waals surface area contributed by atoms with Gasteiger partial charge in [-0.15, -0.1) is 0 Å². The van der Waals surface area contributed by atoms with E-state index in [2.05, 4.69) is 0 Å².